The topological polar surface area (TPSA) is 83.5 Å². The number of hydrogen-bond acceptors (Lipinski definition) is 3. The first kappa shape index (κ1) is 12.4. The van der Waals surface area contributed by atoms with Crippen molar-refractivity contribution in [1.29, 1.82) is 0 Å². The van der Waals surface area contributed by atoms with Crippen molar-refractivity contribution < 1.29 is 18.3 Å². The molecule has 1 fully saturated rings. The smallest absolute Gasteiger partial charge is 0.322 e. The van der Waals surface area contributed by atoms with Crippen LogP contribution in [-0.2, 0) is 14.8 Å². The first-order valence-corrected chi connectivity index (χ1v) is 6.43. The predicted molar refractivity (Wildman–Crippen MR) is 56.0 cm³/mol. The molecule has 0 heterocycles. The molecular weight excluding hydrogens is 218 g/mol. The average Bonchev–Trinajstić information content (AvgIpc) is 2.79. The van der Waals surface area contributed by atoms with Crippen molar-refractivity contribution in [3.05, 3.63) is 0 Å². The Morgan fingerprint density at radius 3 is 2.13 bits per heavy atom. The van der Waals surface area contributed by atoms with Crippen molar-refractivity contribution >= 4 is 16.0 Å². The molecule has 0 amide bonds. The highest BCUT2D eigenvalue weighted by Gasteiger charge is 2.41. The van der Waals surface area contributed by atoms with Crippen molar-refractivity contribution in [3.63, 3.8) is 0 Å². The van der Waals surface area contributed by atoms with Gasteiger partial charge in [0.25, 0.3) is 0 Å². The lowest BCUT2D eigenvalue weighted by molar-refractivity contribution is -0.141. The van der Waals surface area contributed by atoms with Gasteiger partial charge in [-0.1, -0.05) is 20.8 Å². The summed E-state index contributed by atoms with van der Waals surface area (Å²) in [5, 5.41) is 8.56. The van der Waals surface area contributed by atoms with Gasteiger partial charge in [-0.15, -0.1) is 0 Å². The lowest BCUT2D eigenvalue weighted by Crippen LogP contribution is -2.49. The summed E-state index contributed by atoms with van der Waals surface area (Å²) in [5.41, 5.74) is -0.631. The summed E-state index contributed by atoms with van der Waals surface area (Å²) < 4.78 is 25.4. The van der Waals surface area contributed by atoms with Crippen LogP contribution in [0.5, 0.6) is 0 Å². The molecule has 6 heteroatoms. The second kappa shape index (κ2) is 3.75. The number of carboxylic acid groups (broad SMARTS) is 1. The third kappa shape index (κ3) is 3.17. The molecule has 1 atom stereocenters. The van der Waals surface area contributed by atoms with Gasteiger partial charge in [-0.2, -0.15) is 0 Å². The molecule has 88 valence electrons. The molecule has 5 nitrogen and oxygen atoms in total. The van der Waals surface area contributed by atoms with E-state index in [4.69, 9.17) is 5.11 Å². The number of nitrogens with one attached hydrogen (secondary N) is 1. The van der Waals surface area contributed by atoms with E-state index in [9.17, 15) is 13.2 Å². The highest BCUT2D eigenvalue weighted by Crippen LogP contribution is 2.29. The average molecular weight is 235 g/mol. The van der Waals surface area contributed by atoms with Crippen LogP contribution in [0.1, 0.15) is 33.6 Å². The Morgan fingerprint density at radius 2 is 1.87 bits per heavy atom. The maximum atomic E-state index is 11.6. The number of aliphatic carboxylic acids is 1. The summed E-state index contributed by atoms with van der Waals surface area (Å²) in [6, 6.07) is -1.07. The lowest BCUT2D eigenvalue weighted by atomic mass is 9.88. The van der Waals surface area contributed by atoms with Crippen molar-refractivity contribution in [2.75, 3.05) is 0 Å². The molecule has 0 radical (unpaired) electrons. The molecule has 0 aromatic heterocycles. The van der Waals surface area contributed by atoms with Crippen LogP contribution in [0.3, 0.4) is 0 Å². The Kier molecular flexibility index (Phi) is 3.11. The van der Waals surface area contributed by atoms with Crippen LogP contribution in [0.25, 0.3) is 0 Å². The van der Waals surface area contributed by atoms with Gasteiger partial charge < -0.3 is 5.11 Å². The summed E-state index contributed by atoms with van der Waals surface area (Å²) in [6.45, 7) is 5.09. The molecular formula is C9H17NO4S. The monoisotopic (exact) mass is 235 g/mol. The van der Waals surface area contributed by atoms with E-state index in [0.29, 0.717) is 12.8 Å². The quantitative estimate of drug-likeness (QED) is 0.746. The van der Waals surface area contributed by atoms with E-state index in [0.717, 1.165) is 0 Å². The number of sulfonamides is 1. The Morgan fingerprint density at radius 1 is 1.40 bits per heavy atom. The highest BCUT2D eigenvalue weighted by molar-refractivity contribution is 7.90. The maximum absolute atomic E-state index is 11.6. The molecule has 0 aliphatic heterocycles. The van der Waals surface area contributed by atoms with E-state index in [-0.39, 0.29) is 5.25 Å². The van der Waals surface area contributed by atoms with Gasteiger partial charge in [0.1, 0.15) is 6.04 Å². The summed E-state index contributed by atoms with van der Waals surface area (Å²) in [6.07, 6.45) is 1.26. The number of carboxylic acids is 1. The molecule has 0 aromatic rings. The zero-order chi connectivity index (χ0) is 11.9. The molecule has 0 spiro atoms. The molecule has 1 aliphatic carbocycles. The molecule has 1 saturated carbocycles. The molecule has 1 unspecified atom stereocenters. The zero-order valence-electron chi connectivity index (χ0n) is 9.15. The third-order valence-electron chi connectivity index (χ3n) is 2.36. The summed E-state index contributed by atoms with van der Waals surface area (Å²) in [7, 11) is -3.45. The van der Waals surface area contributed by atoms with Gasteiger partial charge in [0.2, 0.25) is 10.0 Å². The fraction of sp³-hybridized carbons (Fsp3) is 0.889. The van der Waals surface area contributed by atoms with Crippen LogP contribution in [-0.4, -0.2) is 30.8 Å². The molecule has 0 bridgehead atoms. The van der Waals surface area contributed by atoms with Gasteiger partial charge in [-0.25, -0.2) is 13.1 Å². The first-order chi connectivity index (χ1) is 6.64. The van der Waals surface area contributed by atoms with E-state index in [1.807, 2.05) is 0 Å². The van der Waals surface area contributed by atoms with Gasteiger partial charge in [0.05, 0.1) is 5.25 Å². The number of carbonyl (C=O) groups is 1. The van der Waals surface area contributed by atoms with Crippen LogP contribution >= 0.6 is 0 Å². The Labute approximate surface area is 89.9 Å². The number of hydrogen-bond donors (Lipinski definition) is 2. The molecule has 1 aliphatic rings. The van der Waals surface area contributed by atoms with Crippen molar-refractivity contribution in [3.8, 4) is 0 Å². The van der Waals surface area contributed by atoms with Gasteiger partial charge in [-0.05, 0) is 18.3 Å². The summed E-state index contributed by atoms with van der Waals surface area (Å²) in [4.78, 5) is 10.9. The predicted octanol–water partition coefficient (Wildman–Crippen LogP) is 0.567. The Bertz CT molecular complexity index is 351. The van der Waals surface area contributed by atoms with E-state index in [1.165, 1.54) is 0 Å². The van der Waals surface area contributed by atoms with Crippen LogP contribution in [0.2, 0.25) is 0 Å². The fourth-order valence-electron chi connectivity index (χ4n) is 1.24. The standard InChI is InChI=1S/C9H17NO4S/c1-9(2,3)7(8(11)12)10-15(13,14)6-4-5-6/h6-7,10H,4-5H2,1-3H3,(H,11,12). The summed E-state index contributed by atoms with van der Waals surface area (Å²) >= 11 is 0. The van der Waals surface area contributed by atoms with E-state index in [2.05, 4.69) is 4.72 Å². The highest BCUT2D eigenvalue weighted by atomic mass is 32.2. The van der Waals surface area contributed by atoms with Crippen LogP contribution < -0.4 is 4.72 Å². The fourth-order valence-corrected chi connectivity index (χ4v) is 2.97. The van der Waals surface area contributed by atoms with Crippen molar-refractivity contribution in [2.24, 2.45) is 5.41 Å². The maximum Gasteiger partial charge on any atom is 0.322 e. The second-order valence-corrected chi connectivity index (χ2v) is 6.99. The normalized spacial score (nSPS) is 19.9. The van der Waals surface area contributed by atoms with E-state index < -0.39 is 27.4 Å². The van der Waals surface area contributed by atoms with Gasteiger partial charge in [0, 0.05) is 0 Å². The molecule has 15 heavy (non-hydrogen) atoms. The Balaban J connectivity index is 2.80. The van der Waals surface area contributed by atoms with E-state index >= 15 is 0 Å². The second-order valence-electron chi connectivity index (χ2n) is 5.00. The largest absolute Gasteiger partial charge is 0.480 e. The van der Waals surface area contributed by atoms with Gasteiger partial charge in [0.15, 0.2) is 0 Å². The number of rotatable bonds is 4. The van der Waals surface area contributed by atoms with Crippen molar-refractivity contribution in [1.82, 2.24) is 4.72 Å². The van der Waals surface area contributed by atoms with Crippen LogP contribution in [0, 0.1) is 5.41 Å². The Hall–Kier alpha value is -0.620. The SMILES string of the molecule is CC(C)(C)C(NS(=O)(=O)C1CC1)C(=O)O. The molecule has 0 aromatic carbocycles. The molecule has 0 saturated heterocycles. The zero-order valence-corrected chi connectivity index (χ0v) is 9.97. The third-order valence-corrected chi connectivity index (χ3v) is 4.27. The summed E-state index contributed by atoms with van der Waals surface area (Å²) in [5.74, 6) is -1.13. The first-order valence-electron chi connectivity index (χ1n) is 4.88. The van der Waals surface area contributed by atoms with E-state index in [1.54, 1.807) is 20.8 Å². The van der Waals surface area contributed by atoms with Gasteiger partial charge >= 0.3 is 5.97 Å². The molecule has 1 rings (SSSR count). The minimum absolute atomic E-state index is 0.387. The van der Waals surface area contributed by atoms with Crippen molar-refractivity contribution in [2.45, 2.75) is 44.9 Å². The van der Waals surface area contributed by atoms with Gasteiger partial charge in [-0.3, -0.25) is 4.79 Å². The van der Waals surface area contributed by atoms with Crippen LogP contribution in [0.4, 0.5) is 0 Å². The minimum atomic E-state index is -3.45. The lowest BCUT2D eigenvalue weighted by Gasteiger charge is -2.27. The molecule has 2 N–H and O–H groups in total. The van der Waals surface area contributed by atoms with Crippen LogP contribution in [0.15, 0.2) is 0 Å². The minimum Gasteiger partial charge on any atom is -0.480 e.